The van der Waals surface area contributed by atoms with Gasteiger partial charge in [-0.2, -0.15) is 0 Å². The second-order valence-corrected chi connectivity index (χ2v) is 4.94. The van der Waals surface area contributed by atoms with E-state index >= 15 is 0 Å². The van der Waals surface area contributed by atoms with E-state index in [1.165, 1.54) is 30.3 Å². The van der Waals surface area contributed by atoms with Crippen molar-refractivity contribution in [1.82, 2.24) is 0 Å². The fourth-order valence-corrected chi connectivity index (χ4v) is 1.67. The average molecular weight is 203 g/mol. The standard InChI is InChI=1S/C9H20N.CH2O3/c1-9(2)7-5-6-8-10(9,3)4;2-1(3)4/h5-8H2,1-4H3;(H2,2,3,4)/q+1;/p-1. The van der Waals surface area contributed by atoms with Crippen LogP contribution < -0.4 is 5.11 Å². The molecule has 0 aliphatic carbocycles. The number of rotatable bonds is 0. The molecule has 0 aromatic carbocycles. The molecule has 0 atom stereocenters. The van der Waals surface area contributed by atoms with Crippen molar-refractivity contribution >= 4 is 6.16 Å². The number of hydrogen-bond acceptors (Lipinski definition) is 2. The van der Waals surface area contributed by atoms with E-state index in [0.29, 0.717) is 5.54 Å². The van der Waals surface area contributed by atoms with Crippen LogP contribution in [0.5, 0.6) is 0 Å². The van der Waals surface area contributed by atoms with Gasteiger partial charge in [-0.15, -0.1) is 0 Å². The lowest BCUT2D eigenvalue weighted by Crippen LogP contribution is -2.58. The Hall–Kier alpha value is -0.770. The molecule has 0 radical (unpaired) electrons. The van der Waals surface area contributed by atoms with Crippen LogP contribution in [0.3, 0.4) is 0 Å². The highest BCUT2D eigenvalue weighted by atomic mass is 16.6. The second kappa shape index (κ2) is 4.64. The maximum absolute atomic E-state index is 8.44. The Kier molecular flexibility index (Phi) is 4.39. The van der Waals surface area contributed by atoms with E-state index in [4.69, 9.17) is 15.0 Å². The van der Waals surface area contributed by atoms with Gasteiger partial charge in [0, 0.05) is 6.42 Å². The zero-order valence-corrected chi connectivity index (χ0v) is 9.54. The van der Waals surface area contributed by atoms with E-state index < -0.39 is 6.16 Å². The Bertz CT molecular complexity index is 180. The van der Waals surface area contributed by atoms with E-state index in [1.54, 1.807) is 0 Å². The molecule has 84 valence electrons. The van der Waals surface area contributed by atoms with E-state index in [1.807, 2.05) is 0 Å². The molecule has 0 saturated carbocycles. The zero-order valence-electron chi connectivity index (χ0n) is 9.54. The molecule has 4 nitrogen and oxygen atoms in total. The molecule has 1 heterocycles. The predicted octanol–water partition coefficient (Wildman–Crippen LogP) is 0.913. The lowest BCUT2D eigenvalue weighted by Gasteiger charge is -2.48. The van der Waals surface area contributed by atoms with Gasteiger partial charge >= 0.3 is 0 Å². The number of hydrogen-bond donors (Lipinski definition) is 1. The molecule has 0 amide bonds. The van der Waals surface area contributed by atoms with Crippen molar-refractivity contribution in [2.24, 2.45) is 0 Å². The van der Waals surface area contributed by atoms with Crippen molar-refractivity contribution in [3.63, 3.8) is 0 Å². The van der Waals surface area contributed by atoms with Crippen LogP contribution in [-0.4, -0.2) is 41.9 Å². The normalized spacial score (nSPS) is 23.1. The number of piperidine rings is 1. The van der Waals surface area contributed by atoms with Crippen LogP contribution in [0.2, 0.25) is 0 Å². The molecule has 1 rings (SSSR count). The third-order valence-corrected chi connectivity index (χ3v) is 3.39. The highest BCUT2D eigenvalue weighted by Gasteiger charge is 2.38. The minimum absolute atomic E-state index is 0.512. The van der Waals surface area contributed by atoms with Gasteiger partial charge in [0.1, 0.15) is 0 Å². The molecular formula is C10H21NO3. The first-order chi connectivity index (χ1) is 6.19. The molecule has 1 aliphatic rings. The average Bonchev–Trinajstić information content (AvgIpc) is 1.94. The molecular weight excluding hydrogens is 182 g/mol. The summed E-state index contributed by atoms with van der Waals surface area (Å²) in [5, 5.41) is 15.3. The summed E-state index contributed by atoms with van der Waals surface area (Å²) in [5.41, 5.74) is 0.512. The topological polar surface area (TPSA) is 60.4 Å². The molecule has 4 heteroatoms. The first kappa shape index (κ1) is 13.2. The van der Waals surface area contributed by atoms with Gasteiger partial charge < -0.3 is 19.5 Å². The SMILES string of the molecule is CC1(C)CCCC[N+]1(C)C.O=C([O-])O. The molecule has 0 aromatic rings. The summed E-state index contributed by atoms with van der Waals surface area (Å²) >= 11 is 0. The molecule has 1 N–H and O–H groups in total. The van der Waals surface area contributed by atoms with E-state index in [0.717, 1.165) is 0 Å². The number of likely N-dealkylation sites (tertiary alicyclic amines) is 1. The molecule has 0 unspecified atom stereocenters. The summed E-state index contributed by atoms with van der Waals surface area (Å²) in [7, 11) is 4.69. The van der Waals surface area contributed by atoms with Crippen molar-refractivity contribution in [1.29, 1.82) is 0 Å². The number of carboxylic acid groups (broad SMARTS) is 2. The maximum atomic E-state index is 8.44. The quantitative estimate of drug-likeness (QED) is 0.595. The summed E-state index contributed by atoms with van der Waals surface area (Å²) in [4.78, 5) is 8.44. The predicted molar refractivity (Wildman–Crippen MR) is 52.9 cm³/mol. The zero-order chi connectivity index (χ0) is 11.4. The lowest BCUT2D eigenvalue weighted by atomic mass is 9.89. The van der Waals surface area contributed by atoms with Crippen LogP contribution in [0.25, 0.3) is 0 Å². The second-order valence-electron chi connectivity index (χ2n) is 4.94. The van der Waals surface area contributed by atoms with Gasteiger partial charge in [0.05, 0.1) is 26.2 Å². The molecule has 0 spiro atoms. The number of nitrogens with zero attached hydrogens (tertiary/aromatic N) is 1. The first-order valence-corrected chi connectivity index (χ1v) is 4.92. The van der Waals surface area contributed by atoms with E-state index in [-0.39, 0.29) is 0 Å². The molecule has 1 fully saturated rings. The van der Waals surface area contributed by atoms with Crippen LogP contribution in [0.4, 0.5) is 4.79 Å². The fourth-order valence-electron chi connectivity index (χ4n) is 1.67. The maximum Gasteiger partial charge on any atom is 0.249 e. The largest absolute Gasteiger partial charge is 0.565 e. The number of quaternary nitrogens is 1. The molecule has 1 aliphatic heterocycles. The third-order valence-electron chi connectivity index (χ3n) is 3.39. The Balaban J connectivity index is 0.000000364. The van der Waals surface area contributed by atoms with Crippen molar-refractivity contribution in [3.8, 4) is 0 Å². The van der Waals surface area contributed by atoms with Gasteiger partial charge in [-0.25, -0.2) is 0 Å². The Morgan fingerprint density at radius 2 is 1.79 bits per heavy atom. The van der Waals surface area contributed by atoms with Crippen molar-refractivity contribution in [3.05, 3.63) is 0 Å². The summed E-state index contributed by atoms with van der Waals surface area (Å²) in [5.74, 6) is 0. The number of carbonyl (C=O) groups is 1. The minimum atomic E-state index is -2.08. The monoisotopic (exact) mass is 203 g/mol. The lowest BCUT2D eigenvalue weighted by molar-refractivity contribution is -0.943. The van der Waals surface area contributed by atoms with Gasteiger partial charge in [0.25, 0.3) is 0 Å². The van der Waals surface area contributed by atoms with Gasteiger partial charge in [-0.05, 0) is 26.7 Å². The van der Waals surface area contributed by atoms with Crippen LogP contribution in [0.15, 0.2) is 0 Å². The van der Waals surface area contributed by atoms with Crippen LogP contribution in [-0.2, 0) is 0 Å². The van der Waals surface area contributed by atoms with Gasteiger partial charge in [-0.1, -0.05) is 0 Å². The molecule has 0 bridgehead atoms. The summed E-state index contributed by atoms with van der Waals surface area (Å²) in [6, 6.07) is 0. The van der Waals surface area contributed by atoms with Gasteiger partial charge in [0.15, 0.2) is 0 Å². The Morgan fingerprint density at radius 3 is 2.00 bits per heavy atom. The van der Waals surface area contributed by atoms with E-state index in [9.17, 15) is 0 Å². The molecule has 1 saturated heterocycles. The van der Waals surface area contributed by atoms with Gasteiger partial charge in [-0.3, -0.25) is 0 Å². The van der Waals surface area contributed by atoms with Crippen LogP contribution in [0, 0.1) is 0 Å². The summed E-state index contributed by atoms with van der Waals surface area (Å²) in [6.45, 7) is 6.12. The van der Waals surface area contributed by atoms with Crippen LogP contribution >= 0.6 is 0 Å². The Morgan fingerprint density at radius 1 is 1.36 bits per heavy atom. The third kappa shape index (κ3) is 3.96. The van der Waals surface area contributed by atoms with Crippen LogP contribution in [0.1, 0.15) is 33.1 Å². The van der Waals surface area contributed by atoms with Gasteiger partial charge in [0.2, 0.25) is 6.16 Å². The van der Waals surface area contributed by atoms with E-state index in [2.05, 4.69) is 27.9 Å². The highest BCUT2D eigenvalue weighted by molar-refractivity contribution is 5.50. The minimum Gasteiger partial charge on any atom is -0.565 e. The Labute approximate surface area is 85.7 Å². The first-order valence-electron chi connectivity index (χ1n) is 4.92. The smallest absolute Gasteiger partial charge is 0.249 e. The van der Waals surface area contributed by atoms with Crippen molar-refractivity contribution < 1.29 is 19.5 Å². The summed E-state index contributed by atoms with van der Waals surface area (Å²) < 4.78 is 1.20. The van der Waals surface area contributed by atoms with Crippen molar-refractivity contribution in [2.75, 3.05) is 20.6 Å². The molecule has 0 aromatic heterocycles. The summed E-state index contributed by atoms with van der Waals surface area (Å²) in [6.07, 6.45) is 2.14. The highest BCUT2D eigenvalue weighted by Crippen LogP contribution is 2.30. The fraction of sp³-hybridized carbons (Fsp3) is 0.900. The molecule has 14 heavy (non-hydrogen) atoms. The van der Waals surface area contributed by atoms with Crippen molar-refractivity contribution in [2.45, 2.75) is 38.6 Å².